The van der Waals surface area contributed by atoms with Crippen molar-refractivity contribution in [2.45, 2.75) is 39.0 Å². The maximum atomic E-state index is 5.83. The van der Waals surface area contributed by atoms with Crippen molar-refractivity contribution in [2.24, 2.45) is 0 Å². The summed E-state index contributed by atoms with van der Waals surface area (Å²) in [6.45, 7) is 5.10. The van der Waals surface area contributed by atoms with Gasteiger partial charge in [0.25, 0.3) is 0 Å². The van der Waals surface area contributed by atoms with Crippen LogP contribution in [0.4, 0.5) is 5.95 Å². The number of hydrogen-bond acceptors (Lipinski definition) is 4. The monoisotopic (exact) mass is 335 g/mol. The third-order valence-corrected chi connectivity index (χ3v) is 4.32. The highest BCUT2D eigenvalue weighted by molar-refractivity contribution is 5.81. The normalized spacial score (nSPS) is 11.2. The van der Waals surface area contributed by atoms with Gasteiger partial charge in [0.15, 0.2) is 0 Å². The molecule has 0 unspecified atom stereocenters. The summed E-state index contributed by atoms with van der Waals surface area (Å²) in [6.07, 6.45) is 2.86. The molecule has 0 amide bonds. The Morgan fingerprint density at radius 1 is 0.960 bits per heavy atom. The summed E-state index contributed by atoms with van der Waals surface area (Å²) >= 11 is 0. The van der Waals surface area contributed by atoms with Gasteiger partial charge in [-0.05, 0) is 48.9 Å². The molecular weight excluding hydrogens is 310 g/mol. The van der Waals surface area contributed by atoms with E-state index in [1.807, 2.05) is 30.3 Å². The van der Waals surface area contributed by atoms with Crippen LogP contribution in [0.15, 0.2) is 48.5 Å². The standard InChI is InChI=1S/C21H25N3O/c1-15(2)16-10-12-17(13-11-16)25-14-6-5-9-20-18-7-3-4-8-19(18)23-21(22)24-20/h3-4,7-8,10-13,15H,5-6,9,14H2,1-2H3,(H2,22,23,24). The molecule has 0 radical (unpaired) electrons. The smallest absolute Gasteiger partial charge is 0.220 e. The van der Waals surface area contributed by atoms with Gasteiger partial charge in [-0.25, -0.2) is 9.97 Å². The number of aromatic nitrogens is 2. The average molecular weight is 335 g/mol. The second-order valence-electron chi connectivity index (χ2n) is 6.57. The molecule has 0 saturated heterocycles. The summed E-state index contributed by atoms with van der Waals surface area (Å²) in [5.74, 6) is 1.82. The molecule has 25 heavy (non-hydrogen) atoms. The highest BCUT2D eigenvalue weighted by Crippen LogP contribution is 2.20. The Hall–Kier alpha value is -2.62. The molecule has 130 valence electrons. The summed E-state index contributed by atoms with van der Waals surface area (Å²) in [7, 11) is 0. The number of anilines is 1. The molecule has 2 aromatic carbocycles. The number of nitrogen functional groups attached to an aromatic ring is 1. The third-order valence-electron chi connectivity index (χ3n) is 4.32. The molecule has 4 heteroatoms. The minimum atomic E-state index is 0.343. The fourth-order valence-corrected chi connectivity index (χ4v) is 2.89. The number of nitrogens with two attached hydrogens (primary N) is 1. The van der Waals surface area contributed by atoms with Gasteiger partial charge in [0.1, 0.15) is 5.75 Å². The molecule has 3 aromatic rings. The molecule has 0 aliphatic heterocycles. The first kappa shape index (κ1) is 17.2. The maximum Gasteiger partial charge on any atom is 0.220 e. The van der Waals surface area contributed by atoms with Crippen LogP contribution in [0.2, 0.25) is 0 Å². The minimum Gasteiger partial charge on any atom is -0.494 e. The van der Waals surface area contributed by atoms with E-state index in [-0.39, 0.29) is 0 Å². The largest absolute Gasteiger partial charge is 0.494 e. The number of aryl methyl sites for hydroxylation is 1. The zero-order chi connectivity index (χ0) is 17.6. The van der Waals surface area contributed by atoms with Gasteiger partial charge >= 0.3 is 0 Å². The predicted molar refractivity (Wildman–Crippen MR) is 103 cm³/mol. The third kappa shape index (κ3) is 4.47. The number of rotatable bonds is 7. The Morgan fingerprint density at radius 2 is 1.72 bits per heavy atom. The maximum absolute atomic E-state index is 5.83. The number of hydrogen-bond donors (Lipinski definition) is 1. The lowest BCUT2D eigenvalue weighted by molar-refractivity contribution is 0.306. The molecule has 3 rings (SSSR count). The van der Waals surface area contributed by atoms with Crippen molar-refractivity contribution in [1.82, 2.24) is 9.97 Å². The number of nitrogens with zero attached hydrogens (tertiary/aromatic N) is 2. The first-order chi connectivity index (χ1) is 12.1. The van der Waals surface area contributed by atoms with E-state index in [9.17, 15) is 0 Å². The van der Waals surface area contributed by atoms with Crippen LogP contribution < -0.4 is 10.5 Å². The van der Waals surface area contributed by atoms with Crippen molar-refractivity contribution in [2.75, 3.05) is 12.3 Å². The molecule has 1 heterocycles. The molecular formula is C21H25N3O. The second kappa shape index (κ2) is 7.97. The van der Waals surface area contributed by atoms with E-state index in [2.05, 4.69) is 42.0 Å². The fraction of sp³-hybridized carbons (Fsp3) is 0.333. The van der Waals surface area contributed by atoms with Crippen LogP contribution >= 0.6 is 0 Å². The van der Waals surface area contributed by atoms with Gasteiger partial charge in [-0.2, -0.15) is 0 Å². The van der Waals surface area contributed by atoms with E-state index in [1.165, 1.54) is 5.56 Å². The van der Waals surface area contributed by atoms with Crippen LogP contribution in [-0.4, -0.2) is 16.6 Å². The van der Waals surface area contributed by atoms with E-state index < -0.39 is 0 Å². The van der Waals surface area contributed by atoms with Crippen molar-refractivity contribution < 1.29 is 4.74 Å². The van der Waals surface area contributed by atoms with Crippen molar-refractivity contribution in [3.63, 3.8) is 0 Å². The van der Waals surface area contributed by atoms with Crippen LogP contribution in [0.5, 0.6) is 5.75 Å². The van der Waals surface area contributed by atoms with Gasteiger partial charge in [0.05, 0.1) is 17.8 Å². The van der Waals surface area contributed by atoms with Crippen molar-refractivity contribution in [3.8, 4) is 5.75 Å². The Kier molecular flexibility index (Phi) is 5.49. The molecule has 0 atom stereocenters. The highest BCUT2D eigenvalue weighted by Gasteiger charge is 2.06. The Labute approximate surface area is 149 Å². The van der Waals surface area contributed by atoms with Crippen molar-refractivity contribution >= 4 is 16.9 Å². The van der Waals surface area contributed by atoms with E-state index in [1.54, 1.807) is 0 Å². The quantitative estimate of drug-likeness (QED) is 0.634. The van der Waals surface area contributed by atoms with Crippen LogP contribution in [0.1, 0.15) is 43.9 Å². The molecule has 1 aromatic heterocycles. The van der Waals surface area contributed by atoms with E-state index in [0.29, 0.717) is 18.5 Å². The van der Waals surface area contributed by atoms with Crippen LogP contribution in [0.3, 0.4) is 0 Å². The molecule has 0 fully saturated rings. The van der Waals surface area contributed by atoms with Gasteiger partial charge in [0.2, 0.25) is 5.95 Å². The number of para-hydroxylation sites is 1. The molecule has 0 aliphatic carbocycles. The molecule has 2 N–H and O–H groups in total. The van der Waals surface area contributed by atoms with Gasteiger partial charge in [-0.1, -0.05) is 44.2 Å². The van der Waals surface area contributed by atoms with E-state index in [4.69, 9.17) is 10.5 Å². The second-order valence-corrected chi connectivity index (χ2v) is 6.57. The van der Waals surface area contributed by atoms with Crippen LogP contribution in [-0.2, 0) is 6.42 Å². The molecule has 4 nitrogen and oxygen atoms in total. The molecule has 0 spiro atoms. The van der Waals surface area contributed by atoms with Gasteiger partial charge in [-0.15, -0.1) is 0 Å². The van der Waals surface area contributed by atoms with Crippen LogP contribution in [0.25, 0.3) is 10.9 Å². The number of fused-ring (bicyclic) bond motifs is 1. The summed E-state index contributed by atoms with van der Waals surface area (Å²) in [5, 5.41) is 1.09. The highest BCUT2D eigenvalue weighted by atomic mass is 16.5. The first-order valence-electron chi connectivity index (χ1n) is 8.87. The SMILES string of the molecule is CC(C)c1ccc(OCCCCc2nc(N)nc3ccccc23)cc1. The van der Waals surface area contributed by atoms with Crippen molar-refractivity contribution in [3.05, 3.63) is 59.8 Å². The topological polar surface area (TPSA) is 61.0 Å². The number of unbranched alkanes of at least 4 members (excludes halogenated alkanes) is 1. The van der Waals surface area contributed by atoms with Gasteiger partial charge in [-0.3, -0.25) is 0 Å². The Balaban J connectivity index is 1.50. The lowest BCUT2D eigenvalue weighted by Crippen LogP contribution is -2.03. The summed E-state index contributed by atoms with van der Waals surface area (Å²) in [4.78, 5) is 8.69. The number of ether oxygens (including phenoxy) is 1. The Morgan fingerprint density at radius 3 is 2.48 bits per heavy atom. The number of benzene rings is 2. The lowest BCUT2D eigenvalue weighted by Gasteiger charge is -2.09. The fourth-order valence-electron chi connectivity index (χ4n) is 2.89. The van der Waals surface area contributed by atoms with E-state index >= 15 is 0 Å². The zero-order valence-electron chi connectivity index (χ0n) is 14.9. The van der Waals surface area contributed by atoms with Crippen molar-refractivity contribution in [1.29, 1.82) is 0 Å². The summed E-state index contributed by atoms with van der Waals surface area (Å²) in [6, 6.07) is 16.4. The lowest BCUT2D eigenvalue weighted by atomic mass is 10.0. The Bertz CT molecular complexity index is 828. The summed E-state index contributed by atoms with van der Waals surface area (Å²) < 4.78 is 5.83. The van der Waals surface area contributed by atoms with Gasteiger partial charge in [0, 0.05) is 5.39 Å². The molecule has 0 aliphatic rings. The average Bonchev–Trinajstić information content (AvgIpc) is 2.61. The molecule has 0 saturated carbocycles. The minimum absolute atomic E-state index is 0.343. The summed E-state index contributed by atoms with van der Waals surface area (Å²) in [5.41, 5.74) is 9.08. The molecule has 0 bridgehead atoms. The predicted octanol–water partition coefficient (Wildman–Crippen LogP) is 4.74. The van der Waals surface area contributed by atoms with Crippen LogP contribution in [0, 0.1) is 0 Å². The van der Waals surface area contributed by atoms with Gasteiger partial charge < -0.3 is 10.5 Å². The first-order valence-corrected chi connectivity index (χ1v) is 8.87. The zero-order valence-corrected chi connectivity index (χ0v) is 14.9. The van der Waals surface area contributed by atoms with E-state index in [0.717, 1.165) is 41.6 Å².